The summed E-state index contributed by atoms with van der Waals surface area (Å²) in [6, 6.07) is 0.132. The van der Waals surface area contributed by atoms with Gasteiger partial charge in [-0.2, -0.15) is 0 Å². The molecule has 1 aromatic rings. The van der Waals surface area contributed by atoms with Crippen LogP contribution in [0.3, 0.4) is 0 Å². The van der Waals surface area contributed by atoms with Crippen LogP contribution in [0.5, 0.6) is 0 Å². The molecule has 6 heteroatoms. The van der Waals surface area contributed by atoms with E-state index in [0.29, 0.717) is 5.69 Å². The van der Waals surface area contributed by atoms with Crippen molar-refractivity contribution >= 4 is 17.2 Å². The molecule has 1 saturated heterocycles. The summed E-state index contributed by atoms with van der Waals surface area (Å²) in [5, 5.41) is 4.99. The molecule has 1 atom stereocenters. The molecule has 3 rings (SSSR count). The third kappa shape index (κ3) is 2.98. The standard InChI is InChI=1S/C15H23N3O2S/c1-12(17-14(19)13-10-21-11-16-13)15(4-2-3-5-15)18-6-8-20-9-7-18/h10-12H,2-9H2,1H3,(H,17,19). The average Bonchev–Trinajstić information content (AvgIpc) is 3.20. The van der Waals surface area contributed by atoms with Gasteiger partial charge in [-0.3, -0.25) is 9.69 Å². The maximum Gasteiger partial charge on any atom is 0.271 e. The SMILES string of the molecule is CC(NC(=O)c1cscn1)C1(N2CCOCC2)CCCC1. The zero-order valence-corrected chi connectivity index (χ0v) is 13.3. The van der Waals surface area contributed by atoms with E-state index in [-0.39, 0.29) is 17.5 Å². The Morgan fingerprint density at radius 2 is 2.14 bits per heavy atom. The summed E-state index contributed by atoms with van der Waals surface area (Å²) >= 11 is 1.46. The average molecular weight is 309 g/mol. The van der Waals surface area contributed by atoms with Crippen LogP contribution in [0.4, 0.5) is 0 Å². The lowest BCUT2D eigenvalue weighted by molar-refractivity contribution is -0.0323. The Kier molecular flexibility index (Phi) is 4.57. The van der Waals surface area contributed by atoms with Crippen molar-refractivity contribution in [3.63, 3.8) is 0 Å². The Bertz CT molecular complexity index is 465. The van der Waals surface area contributed by atoms with Crippen molar-refractivity contribution in [2.45, 2.75) is 44.2 Å². The smallest absolute Gasteiger partial charge is 0.271 e. The molecule has 1 N–H and O–H groups in total. The van der Waals surface area contributed by atoms with Crippen molar-refractivity contribution in [3.05, 3.63) is 16.6 Å². The molecule has 0 bridgehead atoms. The lowest BCUT2D eigenvalue weighted by Crippen LogP contribution is -2.62. The molecule has 2 heterocycles. The molecule has 1 saturated carbocycles. The molecule has 5 nitrogen and oxygen atoms in total. The second kappa shape index (κ2) is 6.42. The van der Waals surface area contributed by atoms with Gasteiger partial charge >= 0.3 is 0 Å². The van der Waals surface area contributed by atoms with Gasteiger partial charge in [0.25, 0.3) is 5.91 Å². The van der Waals surface area contributed by atoms with Crippen molar-refractivity contribution in [1.29, 1.82) is 0 Å². The van der Waals surface area contributed by atoms with E-state index in [0.717, 1.165) is 39.1 Å². The van der Waals surface area contributed by atoms with Crippen molar-refractivity contribution in [1.82, 2.24) is 15.2 Å². The minimum absolute atomic E-state index is 0.0525. The van der Waals surface area contributed by atoms with E-state index in [1.807, 2.05) is 0 Å². The van der Waals surface area contributed by atoms with Crippen LogP contribution in [0.2, 0.25) is 0 Å². The largest absolute Gasteiger partial charge is 0.379 e. The summed E-state index contributed by atoms with van der Waals surface area (Å²) in [5.41, 5.74) is 2.32. The first-order valence-corrected chi connectivity index (χ1v) is 8.68. The first-order chi connectivity index (χ1) is 10.2. The van der Waals surface area contributed by atoms with Gasteiger partial charge in [0.2, 0.25) is 0 Å². The number of aromatic nitrogens is 1. The van der Waals surface area contributed by atoms with Crippen LogP contribution in [0.25, 0.3) is 0 Å². The lowest BCUT2D eigenvalue weighted by atomic mass is 9.86. The summed E-state index contributed by atoms with van der Waals surface area (Å²) in [5.74, 6) is -0.0525. The van der Waals surface area contributed by atoms with Crippen molar-refractivity contribution in [2.75, 3.05) is 26.3 Å². The maximum atomic E-state index is 12.3. The zero-order valence-electron chi connectivity index (χ0n) is 12.5. The van der Waals surface area contributed by atoms with Crippen LogP contribution in [0, 0.1) is 0 Å². The van der Waals surface area contributed by atoms with Crippen LogP contribution < -0.4 is 5.32 Å². The Morgan fingerprint density at radius 1 is 1.43 bits per heavy atom. The number of rotatable bonds is 4. The number of nitrogens with one attached hydrogen (secondary N) is 1. The first kappa shape index (κ1) is 14.9. The third-order valence-electron chi connectivity index (χ3n) is 4.93. The molecule has 2 aliphatic rings. The van der Waals surface area contributed by atoms with Crippen molar-refractivity contribution < 1.29 is 9.53 Å². The molecule has 1 aliphatic carbocycles. The summed E-state index contributed by atoms with van der Waals surface area (Å²) in [7, 11) is 0. The van der Waals surface area contributed by atoms with E-state index in [1.165, 1.54) is 24.2 Å². The Balaban J connectivity index is 1.72. The van der Waals surface area contributed by atoms with E-state index >= 15 is 0 Å². The molecule has 1 aromatic heterocycles. The molecule has 0 aromatic carbocycles. The molecule has 1 amide bonds. The van der Waals surface area contributed by atoms with Gasteiger partial charge in [0.1, 0.15) is 5.69 Å². The molecule has 21 heavy (non-hydrogen) atoms. The summed E-state index contributed by atoms with van der Waals surface area (Å²) < 4.78 is 5.49. The lowest BCUT2D eigenvalue weighted by Gasteiger charge is -2.47. The van der Waals surface area contributed by atoms with Crippen molar-refractivity contribution in [3.8, 4) is 0 Å². The number of carbonyl (C=O) groups excluding carboxylic acids is 1. The molecule has 1 aliphatic heterocycles. The van der Waals surface area contributed by atoms with Gasteiger partial charge in [-0.1, -0.05) is 12.8 Å². The molecule has 2 fully saturated rings. The van der Waals surface area contributed by atoms with Crippen LogP contribution in [-0.2, 0) is 4.74 Å². The third-order valence-corrected chi connectivity index (χ3v) is 5.52. The van der Waals surface area contributed by atoms with Crippen LogP contribution >= 0.6 is 11.3 Å². The number of ether oxygens (including phenoxy) is 1. The highest BCUT2D eigenvalue weighted by Gasteiger charge is 2.45. The van der Waals surface area contributed by atoms with E-state index in [4.69, 9.17) is 4.74 Å². The van der Waals surface area contributed by atoms with Gasteiger partial charge in [-0.15, -0.1) is 11.3 Å². The first-order valence-electron chi connectivity index (χ1n) is 7.74. The number of hydrogen-bond acceptors (Lipinski definition) is 5. The van der Waals surface area contributed by atoms with Crippen LogP contribution in [0.1, 0.15) is 43.1 Å². The van der Waals surface area contributed by atoms with E-state index < -0.39 is 0 Å². The molecule has 0 spiro atoms. The minimum Gasteiger partial charge on any atom is -0.379 e. The highest BCUT2D eigenvalue weighted by Crippen LogP contribution is 2.38. The number of nitrogens with zero attached hydrogens (tertiary/aromatic N) is 2. The second-order valence-electron chi connectivity index (χ2n) is 5.98. The zero-order chi connectivity index (χ0) is 14.7. The number of amides is 1. The van der Waals surface area contributed by atoms with Gasteiger partial charge in [0.05, 0.1) is 18.7 Å². The van der Waals surface area contributed by atoms with Gasteiger partial charge in [-0.25, -0.2) is 4.98 Å². The summed E-state index contributed by atoms with van der Waals surface area (Å²) in [6.07, 6.45) is 4.81. The van der Waals surface area contributed by atoms with Gasteiger partial charge in [0.15, 0.2) is 0 Å². The van der Waals surface area contributed by atoms with Crippen LogP contribution in [-0.4, -0.2) is 53.7 Å². The number of carbonyl (C=O) groups is 1. The second-order valence-corrected chi connectivity index (χ2v) is 6.70. The molecule has 1 unspecified atom stereocenters. The normalized spacial score (nSPS) is 23.9. The molecule has 0 radical (unpaired) electrons. The van der Waals surface area contributed by atoms with Gasteiger partial charge < -0.3 is 10.1 Å². The maximum absolute atomic E-state index is 12.3. The van der Waals surface area contributed by atoms with Gasteiger partial charge in [0, 0.05) is 30.1 Å². The molecular formula is C15H23N3O2S. The van der Waals surface area contributed by atoms with E-state index in [2.05, 4.69) is 22.1 Å². The Hall–Kier alpha value is -0.980. The fraction of sp³-hybridized carbons (Fsp3) is 0.733. The van der Waals surface area contributed by atoms with E-state index in [9.17, 15) is 4.79 Å². The predicted molar refractivity (Wildman–Crippen MR) is 82.6 cm³/mol. The van der Waals surface area contributed by atoms with E-state index in [1.54, 1.807) is 10.9 Å². The topological polar surface area (TPSA) is 54.5 Å². The minimum atomic E-state index is -0.0525. The Morgan fingerprint density at radius 3 is 2.76 bits per heavy atom. The number of morpholine rings is 1. The summed E-state index contributed by atoms with van der Waals surface area (Å²) in [4.78, 5) is 18.9. The highest BCUT2D eigenvalue weighted by molar-refractivity contribution is 7.07. The number of thiazole rings is 1. The predicted octanol–water partition coefficient (Wildman–Crippen LogP) is 1.91. The molecular weight excluding hydrogens is 286 g/mol. The fourth-order valence-electron chi connectivity index (χ4n) is 3.75. The quantitative estimate of drug-likeness (QED) is 0.923. The van der Waals surface area contributed by atoms with Gasteiger partial charge in [-0.05, 0) is 19.8 Å². The fourth-order valence-corrected chi connectivity index (χ4v) is 4.28. The Labute approximate surface area is 129 Å². The highest BCUT2D eigenvalue weighted by atomic mass is 32.1. The summed E-state index contributed by atoms with van der Waals surface area (Å²) in [6.45, 7) is 5.68. The monoisotopic (exact) mass is 309 g/mol. The molecule has 116 valence electrons. The van der Waals surface area contributed by atoms with Crippen LogP contribution in [0.15, 0.2) is 10.9 Å². The number of hydrogen-bond donors (Lipinski definition) is 1. The van der Waals surface area contributed by atoms with Crippen molar-refractivity contribution in [2.24, 2.45) is 0 Å².